The molecule has 1 aromatic heterocycles. The van der Waals surface area contributed by atoms with Crippen LogP contribution in [0.2, 0.25) is 0 Å². The Morgan fingerprint density at radius 1 is 1.12 bits per heavy atom. The number of rotatable bonds is 0. The maximum Gasteiger partial charge on any atom is 0.178 e. The molecular formula is C14H13S2+. The summed E-state index contributed by atoms with van der Waals surface area (Å²) in [5.41, 5.74) is 2.79. The second-order valence-corrected chi connectivity index (χ2v) is 6.80. The van der Waals surface area contributed by atoms with E-state index in [0.717, 1.165) is 0 Å². The molecule has 0 radical (unpaired) electrons. The molecule has 1 aliphatic heterocycles. The van der Waals surface area contributed by atoms with E-state index in [1.807, 2.05) is 11.3 Å². The minimum atomic E-state index is 0.210. The van der Waals surface area contributed by atoms with E-state index in [-0.39, 0.29) is 10.9 Å². The molecular weight excluding hydrogens is 232 g/mol. The van der Waals surface area contributed by atoms with Crippen molar-refractivity contribution in [2.75, 3.05) is 6.26 Å². The van der Waals surface area contributed by atoms with Gasteiger partial charge in [-0.3, -0.25) is 0 Å². The second-order valence-electron chi connectivity index (χ2n) is 3.99. The molecule has 16 heavy (non-hydrogen) atoms. The lowest BCUT2D eigenvalue weighted by Crippen LogP contribution is -2.03. The summed E-state index contributed by atoms with van der Waals surface area (Å²) < 4.78 is 0. The van der Waals surface area contributed by atoms with Crippen LogP contribution in [0.15, 0.2) is 39.4 Å². The summed E-state index contributed by atoms with van der Waals surface area (Å²) in [7, 11) is 0.210. The molecule has 1 atom stereocenters. The zero-order valence-electron chi connectivity index (χ0n) is 9.36. The largest absolute Gasteiger partial charge is 0.178 e. The molecule has 0 spiro atoms. The first-order chi connectivity index (χ1) is 7.77. The van der Waals surface area contributed by atoms with Gasteiger partial charge in [0.25, 0.3) is 0 Å². The van der Waals surface area contributed by atoms with Crippen molar-refractivity contribution in [3.63, 3.8) is 0 Å². The Morgan fingerprint density at radius 2 is 2.00 bits per heavy atom. The van der Waals surface area contributed by atoms with Crippen molar-refractivity contribution in [1.82, 2.24) is 0 Å². The molecule has 2 aromatic rings. The Bertz CT molecular complexity index is 564. The summed E-state index contributed by atoms with van der Waals surface area (Å²) in [6, 6.07) is 8.86. The van der Waals surface area contributed by atoms with Crippen LogP contribution >= 0.6 is 11.3 Å². The van der Waals surface area contributed by atoms with Gasteiger partial charge in [0.1, 0.15) is 6.26 Å². The fraction of sp³-hybridized carbons (Fsp3) is 0.143. The van der Waals surface area contributed by atoms with Gasteiger partial charge in [-0.1, -0.05) is 12.1 Å². The molecule has 0 amide bonds. The standard InChI is InChI=1S/C14H13S2/c1-10-4-3-5-11-6-7-12-13(8-9-15-12)16(2)14(10)11/h3-9H,1-2H3/q+1. The van der Waals surface area contributed by atoms with Gasteiger partial charge in [0, 0.05) is 17.2 Å². The number of thiophene rings is 1. The highest BCUT2D eigenvalue weighted by molar-refractivity contribution is 7.96. The third-order valence-electron chi connectivity index (χ3n) is 2.95. The minimum Gasteiger partial charge on any atom is -0.139 e. The van der Waals surface area contributed by atoms with Gasteiger partial charge in [0.2, 0.25) is 0 Å². The lowest BCUT2D eigenvalue weighted by atomic mass is 10.1. The lowest BCUT2D eigenvalue weighted by molar-refractivity contribution is 1.27. The molecule has 0 nitrogen and oxygen atoms in total. The van der Waals surface area contributed by atoms with Crippen molar-refractivity contribution in [3.05, 3.63) is 45.6 Å². The van der Waals surface area contributed by atoms with Gasteiger partial charge in [-0.25, -0.2) is 0 Å². The Morgan fingerprint density at radius 3 is 2.88 bits per heavy atom. The molecule has 2 heteroatoms. The molecule has 1 aromatic carbocycles. The summed E-state index contributed by atoms with van der Waals surface area (Å²) in [5.74, 6) is 0. The Labute approximate surface area is 103 Å². The zero-order chi connectivity index (χ0) is 11.1. The normalized spacial score (nSPS) is 17.8. The van der Waals surface area contributed by atoms with E-state index >= 15 is 0 Å². The number of hydrogen-bond donors (Lipinski definition) is 0. The Balaban J connectivity index is 2.29. The molecule has 0 fully saturated rings. The highest BCUT2D eigenvalue weighted by Gasteiger charge is 2.29. The number of fused-ring (bicyclic) bond motifs is 2. The van der Waals surface area contributed by atoms with Gasteiger partial charge in [0.05, 0.1) is 15.8 Å². The first kappa shape index (κ1) is 10.2. The first-order valence-corrected chi connectivity index (χ1v) is 7.80. The molecule has 0 bridgehead atoms. The van der Waals surface area contributed by atoms with Gasteiger partial charge in [-0.15, -0.1) is 11.3 Å². The van der Waals surface area contributed by atoms with Crippen molar-refractivity contribution in [1.29, 1.82) is 0 Å². The highest BCUT2D eigenvalue weighted by Crippen LogP contribution is 2.36. The topological polar surface area (TPSA) is 0 Å². The molecule has 0 saturated carbocycles. The Hall–Kier alpha value is -0.990. The zero-order valence-corrected chi connectivity index (χ0v) is 11.0. The highest BCUT2D eigenvalue weighted by atomic mass is 32.2. The van der Waals surface area contributed by atoms with Gasteiger partial charge < -0.3 is 0 Å². The van der Waals surface area contributed by atoms with E-state index in [0.29, 0.717) is 0 Å². The molecule has 0 aliphatic carbocycles. The van der Waals surface area contributed by atoms with Crippen LogP contribution in [-0.4, -0.2) is 6.26 Å². The van der Waals surface area contributed by atoms with Gasteiger partial charge in [-0.05, 0) is 30.5 Å². The van der Waals surface area contributed by atoms with Crippen LogP contribution in [0.4, 0.5) is 0 Å². The van der Waals surface area contributed by atoms with E-state index in [1.165, 1.54) is 25.8 Å². The molecule has 2 heterocycles. The van der Waals surface area contributed by atoms with E-state index in [9.17, 15) is 0 Å². The fourth-order valence-electron chi connectivity index (χ4n) is 2.18. The molecule has 3 rings (SSSR count). The maximum absolute atomic E-state index is 2.34. The maximum atomic E-state index is 2.34. The summed E-state index contributed by atoms with van der Waals surface area (Å²) in [6.45, 7) is 2.22. The van der Waals surface area contributed by atoms with Crippen LogP contribution in [0.3, 0.4) is 0 Å². The van der Waals surface area contributed by atoms with E-state index in [1.54, 1.807) is 0 Å². The average molecular weight is 245 g/mol. The average Bonchev–Trinajstić information content (AvgIpc) is 2.69. The van der Waals surface area contributed by atoms with Crippen molar-refractivity contribution >= 4 is 34.4 Å². The summed E-state index contributed by atoms with van der Waals surface area (Å²) >= 11 is 1.84. The van der Waals surface area contributed by atoms with Crippen molar-refractivity contribution in [2.24, 2.45) is 0 Å². The lowest BCUT2D eigenvalue weighted by Gasteiger charge is -2.06. The van der Waals surface area contributed by atoms with Crippen LogP contribution in [0, 0.1) is 6.92 Å². The van der Waals surface area contributed by atoms with Crippen LogP contribution < -0.4 is 0 Å². The predicted molar refractivity (Wildman–Crippen MR) is 74.2 cm³/mol. The Kier molecular flexibility index (Phi) is 2.41. The molecule has 0 saturated heterocycles. The van der Waals surface area contributed by atoms with E-state index < -0.39 is 0 Å². The van der Waals surface area contributed by atoms with Gasteiger partial charge in [-0.2, -0.15) is 0 Å². The SMILES string of the molecule is Cc1cccc2c1[S+](C)c1ccsc1C=C2. The third kappa shape index (κ3) is 1.45. The summed E-state index contributed by atoms with van der Waals surface area (Å²) in [4.78, 5) is 4.42. The van der Waals surface area contributed by atoms with E-state index in [2.05, 4.69) is 55.0 Å². The van der Waals surface area contributed by atoms with Crippen molar-refractivity contribution in [3.8, 4) is 0 Å². The van der Waals surface area contributed by atoms with Crippen LogP contribution in [-0.2, 0) is 10.9 Å². The van der Waals surface area contributed by atoms with Crippen molar-refractivity contribution < 1.29 is 0 Å². The molecule has 1 unspecified atom stereocenters. The smallest absolute Gasteiger partial charge is 0.139 e. The summed E-state index contributed by atoms with van der Waals surface area (Å²) in [6.07, 6.45) is 6.85. The third-order valence-corrected chi connectivity index (χ3v) is 6.15. The van der Waals surface area contributed by atoms with Gasteiger partial charge in [0.15, 0.2) is 9.79 Å². The monoisotopic (exact) mass is 245 g/mol. The molecule has 0 N–H and O–H groups in total. The van der Waals surface area contributed by atoms with Crippen molar-refractivity contribution in [2.45, 2.75) is 16.7 Å². The van der Waals surface area contributed by atoms with Crippen LogP contribution in [0.1, 0.15) is 16.0 Å². The minimum absolute atomic E-state index is 0.210. The first-order valence-electron chi connectivity index (χ1n) is 5.28. The summed E-state index contributed by atoms with van der Waals surface area (Å²) in [5, 5.41) is 2.20. The molecule has 80 valence electrons. The van der Waals surface area contributed by atoms with E-state index in [4.69, 9.17) is 0 Å². The molecule has 1 aliphatic rings. The van der Waals surface area contributed by atoms with Crippen LogP contribution in [0.25, 0.3) is 12.2 Å². The fourth-order valence-corrected chi connectivity index (χ4v) is 5.37. The number of aryl methyl sites for hydroxylation is 1. The number of benzene rings is 1. The predicted octanol–water partition coefficient (Wildman–Crippen LogP) is 4.21. The second kappa shape index (κ2) is 3.79. The van der Waals surface area contributed by atoms with Gasteiger partial charge >= 0.3 is 0 Å². The quantitative estimate of drug-likeness (QED) is 0.610. The number of hydrogen-bond acceptors (Lipinski definition) is 1. The van der Waals surface area contributed by atoms with Crippen LogP contribution in [0.5, 0.6) is 0 Å².